The van der Waals surface area contributed by atoms with Crippen LogP contribution in [0.4, 0.5) is 8.22 Å². The third-order valence-electron chi connectivity index (χ3n) is 1.40. The third-order valence-corrected chi connectivity index (χ3v) is 2.51. The molecule has 0 aromatic carbocycles. The predicted molar refractivity (Wildman–Crippen MR) is 49.5 cm³/mol. The second-order valence-electron chi connectivity index (χ2n) is 2.88. The van der Waals surface area contributed by atoms with Crippen molar-refractivity contribution >= 4 is 20.3 Å². The van der Waals surface area contributed by atoms with Gasteiger partial charge in [-0.25, -0.2) is 0 Å². The van der Waals surface area contributed by atoms with E-state index >= 15 is 0 Å². The Bertz CT molecular complexity index is 360. The summed E-state index contributed by atoms with van der Waals surface area (Å²) in [6.45, 7) is 0.889. The Balaban J connectivity index is 3.01. The summed E-state index contributed by atoms with van der Waals surface area (Å²) in [7, 11) is -4.25. The van der Waals surface area contributed by atoms with Crippen LogP contribution in [0.15, 0.2) is 23.1 Å². The van der Waals surface area contributed by atoms with Crippen LogP contribution in [0.25, 0.3) is 0 Å². The molecule has 0 radical (unpaired) electrons. The Morgan fingerprint density at radius 1 is 1.54 bits per heavy atom. The molecule has 1 rings (SSSR count). The number of aromatic nitrogens is 1. The molecule has 6 heteroatoms. The van der Waals surface area contributed by atoms with E-state index in [0.717, 1.165) is 11.1 Å². The highest BCUT2D eigenvalue weighted by atomic mass is 35.5. The van der Waals surface area contributed by atoms with Crippen LogP contribution >= 0.6 is 11.6 Å². The lowest BCUT2D eigenvalue weighted by Gasteiger charge is -2.09. The highest BCUT2D eigenvalue weighted by Crippen LogP contribution is 2.10. The number of nitrogens with zero attached hydrogens (tertiary/aromatic N) is 1. The Hall–Kier alpha value is -0.683. The zero-order chi connectivity index (χ0) is 10.1. The van der Waals surface area contributed by atoms with Crippen LogP contribution in [0.5, 0.6) is 0 Å². The van der Waals surface area contributed by atoms with Gasteiger partial charge in [0.25, 0.3) is 5.56 Å². The van der Waals surface area contributed by atoms with E-state index in [2.05, 4.69) is 0 Å². The average Bonchev–Trinajstić information content (AvgIpc) is 1.94. The van der Waals surface area contributed by atoms with Gasteiger partial charge in [-0.05, 0) is 12.6 Å². The van der Waals surface area contributed by atoms with Crippen LogP contribution in [-0.4, -0.2) is 13.3 Å². The Labute approximate surface area is 80.1 Å². The van der Waals surface area contributed by atoms with E-state index in [1.165, 1.54) is 18.3 Å². The lowest BCUT2D eigenvalue weighted by atomic mass is 10.5. The van der Waals surface area contributed by atoms with Gasteiger partial charge in [-0.1, -0.05) is 11.6 Å². The molecule has 0 spiro atoms. The lowest BCUT2D eigenvalue weighted by Crippen LogP contribution is -2.31. The van der Waals surface area contributed by atoms with Gasteiger partial charge in [0.05, 0.1) is 11.2 Å². The number of halogens is 3. The minimum atomic E-state index is -4.25. The normalized spacial score (nSPS) is 11.7. The highest BCUT2D eigenvalue weighted by Gasteiger charge is 2.28. The molecule has 1 aromatic rings. The molecular formula is C7H8ClF2NOSi. The summed E-state index contributed by atoms with van der Waals surface area (Å²) in [5, 5.41) is 0.290. The van der Waals surface area contributed by atoms with Crippen LogP contribution in [0.1, 0.15) is 0 Å². The van der Waals surface area contributed by atoms with Crippen molar-refractivity contribution in [2.45, 2.75) is 12.7 Å². The molecule has 0 amide bonds. The van der Waals surface area contributed by atoms with E-state index < -0.39 is 20.5 Å². The largest absolute Gasteiger partial charge is 0.440 e. The molecule has 0 unspecified atom stereocenters. The maximum absolute atomic E-state index is 12.7. The Morgan fingerprint density at radius 3 is 2.69 bits per heavy atom. The molecule has 0 saturated carbocycles. The first-order valence-corrected chi connectivity index (χ1v) is 6.46. The maximum Gasteiger partial charge on any atom is 0.440 e. The van der Waals surface area contributed by atoms with Crippen LogP contribution in [0, 0.1) is 0 Å². The molecule has 0 bridgehead atoms. The fourth-order valence-electron chi connectivity index (χ4n) is 0.925. The van der Waals surface area contributed by atoms with E-state index in [1.807, 2.05) is 0 Å². The molecule has 0 N–H and O–H groups in total. The minimum absolute atomic E-state index is 0.290. The van der Waals surface area contributed by atoms with Crippen molar-refractivity contribution < 1.29 is 8.22 Å². The second-order valence-corrected chi connectivity index (χ2v) is 5.78. The topological polar surface area (TPSA) is 22.0 Å². The first-order valence-electron chi connectivity index (χ1n) is 3.62. The van der Waals surface area contributed by atoms with Gasteiger partial charge in [-0.3, -0.25) is 13.0 Å². The molecule has 0 aliphatic carbocycles. The van der Waals surface area contributed by atoms with Gasteiger partial charge >= 0.3 is 8.74 Å². The molecule has 0 fully saturated rings. The fraction of sp³-hybridized carbons (Fsp3) is 0.286. The average molecular weight is 224 g/mol. The highest BCUT2D eigenvalue weighted by molar-refractivity contribution is 6.63. The number of pyridine rings is 1. The van der Waals surface area contributed by atoms with E-state index in [1.54, 1.807) is 0 Å². The van der Waals surface area contributed by atoms with Gasteiger partial charge in [0.2, 0.25) is 0 Å². The quantitative estimate of drug-likeness (QED) is 0.556. The zero-order valence-electron chi connectivity index (χ0n) is 6.93. The molecule has 0 aliphatic heterocycles. The number of hydrogen-bond acceptors (Lipinski definition) is 1. The van der Waals surface area contributed by atoms with Crippen molar-refractivity contribution in [2.75, 3.05) is 0 Å². The summed E-state index contributed by atoms with van der Waals surface area (Å²) < 4.78 is 26.3. The first kappa shape index (κ1) is 10.4. The van der Waals surface area contributed by atoms with Crippen molar-refractivity contribution in [1.82, 2.24) is 4.57 Å². The Kier molecular flexibility index (Phi) is 2.87. The lowest BCUT2D eigenvalue weighted by molar-refractivity contribution is 0.567. The molecule has 0 saturated heterocycles. The second kappa shape index (κ2) is 3.59. The van der Waals surface area contributed by atoms with E-state index in [0.29, 0.717) is 0 Å². The van der Waals surface area contributed by atoms with E-state index in [4.69, 9.17) is 11.6 Å². The molecule has 1 aromatic heterocycles. The molecule has 0 atom stereocenters. The zero-order valence-corrected chi connectivity index (χ0v) is 8.68. The standard InChI is InChI=1S/C7H8ClF2NOSi/c1-13(9,10)5-11-4-6(8)2-3-7(11)12/h2-4H,5H2,1H3. The van der Waals surface area contributed by atoms with Gasteiger partial charge in [-0.2, -0.15) is 0 Å². The number of hydrogen-bond donors (Lipinski definition) is 0. The minimum Gasteiger partial charge on any atom is -0.312 e. The van der Waals surface area contributed by atoms with Gasteiger partial charge < -0.3 is 4.57 Å². The van der Waals surface area contributed by atoms with Crippen LogP contribution in [0.3, 0.4) is 0 Å². The van der Waals surface area contributed by atoms with Gasteiger partial charge in [0, 0.05) is 12.3 Å². The SMILES string of the molecule is C[Si](F)(F)Cn1cc(Cl)ccc1=O. The van der Waals surface area contributed by atoms with Crippen molar-refractivity contribution in [3.05, 3.63) is 33.7 Å². The van der Waals surface area contributed by atoms with E-state index in [9.17, 15) is 13.0 Å². The van der Waals surface area contributed by atoms with E-state index in [-0.39, 0.29) is 5.02 Å². The molecule has 72 valence electrons. The monoisotopic (exact) mass is 223 g/mol. The summed E-state index contributed by atoms with van der Waals surface area (Å²) in [5.41, 5.74) is -0.446. The molecule has 0 aliphatic rings. The summed E-state index contributed by atoms with van der Waals surface area (Å²) >= 11 is 5.56. The Morgan fingerprint density at radius 2 is 2.15 bits per heavy atom. The molecule has 2 nitrogen and oxygen atoms in total. The van der Waals surface area contributed by atoms with Crippen LogP contribution < -0.4 is 5.56 Å². The smallest absolute Gasteiger partial charge is 0.312 e. The molecule has 13 heavy (non-hydrogen) atoms. The fourth-order valence-corrected chi connectivity index (χ4v) is 1.95. The van der Waals surface area contributed by atoms with Gasteiger partial charge in [0.15, 0.2) is 0 Å². The van der Waals surface area contributed by atoms with Crippen molar-refractivity contribution in [2.24, 2.45) is 0 Å². The summed E-state index contributed by atoms with van der Waals surface area (Å²) in [5.74, 6) is 0. The predicted octanol–water partition coefficient (Wildman–Crippen LogP) is 2.05. The summed E-state index contributed by atoms with van der Waals surface area (Å²) in [6.07, 6.45) is 0.723. The first-order chi connectivity index (χ1) is 5.88. The summed E-state index contributed by atoms with van der Waals surface area (Å²) in [6, 6.07) is 2.57. The maximum atomic E-state index is 12.7. The molecular weight excluding hydrogens is 216 g/mol. The summed E-state index contributed by atoms with van der Waals surface area (Å²) in [4.78, 5) is 11.0. The van der Waals surface area contributed by atoms with Crippen LogP contribution in [0.2, 0.25) is 11.6 Å². The van der Waals surface area contributed by atoms with Crippen molar-refractivity contribution in [3.8, 4) is 0 Å². The number of rotatable bonds is 2. The van der Waals surface area contributed by atoms with Crippen LogP contribution in [-0.2, 0) is 6.17 Å². The van der Waals surface area contributed by atoms with Gasteiger partial charge in [0.1, 0.15) is 0 Å². The third kappa shape index (κ3) is 3.28. The van der Waals surface area contributed by atoms with Crippen molar-refractivity contribution in [3.63, 3.8) is 0 Å². The molecule has 1 heterocycles. The van der Waals surface area contributed by atoms with Crippen molar-refractivity contribution in [1.29, 1.82) is 0 Å². The van der Waals surface area contributed by atoms with Gasteiger partial charge in [-0.15, -0.1) is 0 Å².